The highest BCUT2D eigenvalue weighted by Crippen LogP contribution is 2.22. The molecule has 1 saturated heterocycles. The first kappa shape index (κ1) is 17.7. The average Bonchev–Trinajstić information content (AvgIpc) is 2.72. The molecular formula is C17H20FN3O3. The standard InChI is InChI=1S/C17H20FN3O3/c1-3-15(22)20-14-10-11(7-8-13(14)18)19-16(23)12-6-4-5-9-21(2)17(12)24/h3,7-8,10,12H,1,4-6,9H2,2H3,(H,19,23)(H,20,22). The average molecular weight is 333 g/mol. The van der Waals surface area contributed by atoms with Gasteiger partial charge in [-0.3, -0.25) is 14.4 Å². The predicted octanol–water partition coefficient (Wildman–Crippen LogP) is 2.15. The summed E-state index contributed by atoms with van der Waals surface area (Å²) < 4.78 is 13.7. The zero-order valence-corrected chi connectivity index (χ0v) is 13.5. The van der Waals surface area contributed by atoms with Gasteiger partial charge in [0.2, 0.25) is 17.7 Å². The summed E-state index contributed by atoms with van der Waals surface area (Å²) in [6.07, 6.45) is 3.15. The second-order valence-electron chi connectivity index (χ2n) is 5.69. The number of amides is 3. The molecule has 0 spiro atoms. The van der Waals surface area contributed by atoms with Crippen molar-refractivity contribution >= 4 is 29.1 Å². The molecule has 128 valence electrons. The van der Waals surface area contributed by atoms with E-state index in [0.29, 0.717) is 18.7 Å². The van der Waals surface area contributed by atoms with Crippen molar-refractivity contribution < 1.29 is 18.8 Å². The van der Waals surface area contributed by atoms with Gasteiger partial charge in [-0.25, -0.2) is 4.39 Å². The highest BCUT2D eigenvalue weighted by Gasteiger charge is 2.30. The van der Waals surface area contributed by atoms with E-state index in [2.05, 4.69) is 17.2 Å². The molecule has 1 aromatic carbocycles. The Balaban J connectivity index is 2.13. The lowest BCUT2D eigenvalue weighted by Gasteiger charge is -2.19. The van der Waals surface area contributed by atoms with Crippen LogP contribution in [0.5, 0.6) is 0 Å². The number of nitrogens with zero attached hydrogens (tertiary/aromatic N) is 1. The van der Waals surface area contributed by atoms with Crippen LogP contribution in [-0.2, 0) is 14.4 Å². The van der Waals surface area contributed by atoms with Gasteiger partial charge in [0.15, 0.2) is 0 Å². The predicted molar refractivity (Wildman–Crippen MR) is 88.8 cm³/mol. The SMILES string of the molecule is C=CC(=O)Nc1cc(NC(=O)C2CCCCN(C)C2=O)ccc1F. The number of hydrogen-bond donors (Lipinski definition) is 2. The van der Waals surface area contributed by atoms with E-state index in [0.717, 1.165) is 25.0 Å². The van der Waals surface area contributed by atoms with Crippen LogP contribution in [-0.4, -0.2) is 36.2 Å². The molecule has 1 heterocycles. The van der Waals surface area contributed by atoms with Crippen molar-refractivity contribution in [3.05, 3.63) is 36.7 Å². The maximum absolute atomic E-state index is 13.7. The van der Waals surface area contributed by atoms with Crippen molar-refractivity contribution in [1.29, 1.82) is 0 Å². The van der Waals surface area contributed by atoms with Gasteiger partial charge in [-0.05, 0) is 37.1 Å². The van der Waals surface area contributed by atoms with Crippen LogP contribution in [0.1, 0.15) is 19.3 Å². The smallest absolute Gasteiger partial charge is 0.247 e. The van der Waals surface area contributed by atoms with Crippen LogP contribution < -0.4 is 10.6 Å². The number of rotatable bonds is 4. The second kappa shape index (κ2) is 7.72. The quantitative estimate of drug-likeness (QED) is 0.654. The molecule has 7 heteroatoms. The van der Waals surface area contributed by atoms with E-state index < -0.39 is 23.5 Å². The van der Waals surface area contributed by atoms with Crippen LogP contribution in [0.25, 0.3) is 0 Å². The first-order valence-corrected chi connectivity index (χ1v) is 7.71. The lowest BCUT2D eigenvalue weighted by molar-refractivity contribution is -0.138. The number of hydrogen-bond acceptors (Lipinski definition) is 3. The van der Waals surface area contributed by atoms with Crippen molar-refractivity contribution in [2.75, 3.05) is 24.2 Å². The Hall–Kier alpha value is -2.70. The maximum atomic E-state index is 13.7. The van der Waals surface area contributed by atoms with E-state index in [1.807, 2.05) is 0 Å². The van der Waals surface area contributed by atoms with Gasteiger partial charge in [0.1, 0.15) is 11.7 Å². The van der Waals surface area contributed by atoms with Gasteiger partial charge >= 0.3 is 0 Å². The summed E-state index contributed by atoms with van der Waals surface area (Å²) in [5.74, 6) is -2.59. The Labute approximate surface area is 139 Å². The molecule has 24 heavy (non-hydrogen) atoms. The van der Waals surface area contributed by atoms with Gasteiger partial charge in [0.25, 0.3) is 0 Å². The Bertz CT molecular complexity index is 675. The zero-order valence-electron chi connectivity index (χ0n) is 13.5. The summed E-state index contributed by atoms with van der Waals surface area (Å²) in [5, 5.41) is 4.94. The van der Waals surface area contributed by atoms with Gasteiger partial charge in [0, 0.05) is 19.3 Å². The third kappa shape index (κ3) is 4.18. The van der Waals surface area contributed by atoms with E-state index >= 15 is 0 Å². The summed E-state index contributed by atoms with van der Waals surface area (Å²) in [4.78, 5) is 37.5. The maximum Gasteiger partial charge on any atom is 0.247 e. The van der Waals surface area contributed by atoms with Gasteiger partial charge in [-0.15, -0.1) is 0 Å². The second-order valence-corrected chi connectivity index (χ2v) is 5.69. The molecule has 1 unspecified atom stereocenters. The highest BCUT2D eigenvalue weighted by molar-refractivity contribution is 6.07. The Morgan fingerprint density at radius 2 is 2.08 bits per heavy atom. The molecule has 2 rings (SSSR count). The summed E-state index contributed by atoms with van der Waals surface area (Å²) in [6, 6.07) is 3.82. The number of nitrogens with one attached hydrogen (secondary N) is 2. The van der Waals surface area contributed by atoms with Crippen molar-refractivity contribution in [2.24, 2.45) is 5.92 Å². The molecule has 1 aromatic rings. The first-order chi connectivity index (χ1) is 11.4. The number of likely N-dealkylation sites (tertiary alicyclic amines) is 1. The van der Waals surface area contributed by atoms with Crippen LogP contribution in [0.2, 0.25) is 0 Å². The van der Waals surface area contributed by atoms with Crippen LogP contribution in [0.3, 0.4) is 0 Å². The van der Waals surface area contributed by atoms with Gasteiger partial charge in [-0.2, -0.15) is 0 Å². The number of anilines is 2. The molecule has 0 saturated carbocycles. The molecule has 1 aliphatic heterocycles. The molecular weight excluding hydrogens is 313 g/mol. The van der Waals surface area contributed by atoms with Gasteiger partial charge < -0.3 is 15.5 Å². The van der Waals surface area contributed by atoms with Crippen LogP contribution >= 0.6 is 0 Å². The number of carbonyl (C=O) groups is 3. The molecule has 0 radical (unpaired) electrons. The molecule has 0 bridgehead atoms. The minimum atomic E-state index is -0.756. The van der Waals surface area contributed by atoms with Crippen molar-refractivity contribution in [1.82, 2.24) is 4.90 Å². The largest absolute Gasteiger partial charge is 0.345 e. The molecule has 1 aliphatic rings. The molecule has 1 fully saturated rings. The van der Waals surface area contributed by atoms with E-state index in [1.165, 1.54) is 12.1 Å². The summed E-state index contributed by atoms with van der Waals surface area (Å²) in [7, 11) is 1.68. The molecule has 2 N–H and O–H groups in total. The van der Waals surface area contributed by atoms with Gasteiger partial charge in [0.05, 0.1) is 5.69 Å². The lowest BCUT2D eigenvalue weighted by Crippen LogP contribution is -2.38. The van der Waals surface area contributed by atoms with Crippen LogP contribution in [0.15, 0.2) is 30.9 Å². The third-order valence-electron chi connectivity index (χ3n) is 3.90. The van der Waals surface area contributed by atoms with Gasteiger partial charge in [-0.1, -0.05) is 13.0 Å². The minimum Gasteiger partial charge on any atom is -0.345 e. The van der Waals surface area contributed by atoms with E-state index in [1.54, 1.807) is 11.9 Å². The van der Waals surface area contributed by atoms with E-state index in [4.69, 9.17) is 0 Å². The molecule has 3 amide bonds. The zero-order chi connectivity index (χ0) is 17.7. The number of carbonyl (C=O) groups excluding carboxylic acids is 3. The fourth-order valence-corrected chi connectivity index (χ4v) is 2.55. The molecule has 0 aromatic heterocycles. The fraction of sp³-hybridized carbons (Fsp3) is 0.353. The van der Waals surface area contributed by atoms with Crippen LogP contribution in [0.4, 0.5) is 15.8 Å². The lowest BCUT2D eigenvalue weighted by atomic mass is 10.0. The number of benzene rings is 1. The van der Waals surface area contributed by atoms with E-state index in [9.17, 15) is 18.8 Å². The third-order valence-corrected chi connectivity index (χ3v) is 3.90. The normalized spacial score (nSPS) is 17.8. The Kier molecular flexibility index (Phi) is 5.68. The molecule has 6 nitrogen and oxygen atoms in total. The summed E-state index contributed by atoms with van der Waals surface area (Å²) >= 11 is 0. The summed E-state index contributed by atoms with van der Waals surface area (Å²) in [6.45, 7) is 3.93. The van der Waals surface area contributed by atoms with Crippen molar-refractivity contribution in [3.63, 3.8) is 0 Å². The first-order valence-electron chi connectivity index (χ1n) is 7.71. The topological polar surface area (TPSA) is 78.5 Å². The fourth-order valence-electron chi connectivity index (χ4n) is 2.55. The Morgan fingerprint density at radius 3 is 2.79 bits per heavy atom. The highest BCUT2D eigenvalue weighted by atomic mass is 19.1. The monoisotopic (exact) mass is 333 g/mol. The van der Waals surface area contributed by atoms with Crippen LogP contribution in [0, 0.1) is 11.7 Å². The summed E-state index contributed by atoms with van der Waals surface area (Å²) in [5.41, 5.74) is 0.238. The van der Waals surface area contributed by atoms with Crippen molar-refractivity contribution in [2.45, 2.75) is 19.3 Å². The van der Waals surface area contributed by atoms with E-state index in [-0.39, 0.29) is 11.6 Å². The molecule has 0 aliphatic carbocycles. The Morgan fingerprint density at radius 1 is 1.33 bits per heavy atom. The molecule has 1 atom stereocenters. The van der Waals surface area contributed by atoms with Crippen molar-refractivity contribution in [3.8, 4) is 0 Å². The number of halogens is 1. The minimum absolute atomic E-state index is 0.0676.